The van der Waals surface area contributed by atoms with E-state index >= 15 is 0 Å². The quantitative estimate of drug-likeness (QED) is 0.809. The summed E-state index contributed by atoms with van der Waals surface area (Å²) in [6.07, 6.45) is 1.63. The van der Waals surface area contributed by atoms with Crippen LogP contribution in [0.1, 0.15) is 31.2 Å². The van der Waals surface area contributed by atoms with E-state index in [1.165, 1.54) is 0 Å². The number of nitrogens with zero attached hydrogens (tertiary/aromatic N) is 1. The van der Waals surface area contributed by atoms with Gasteiger partial charge in [-0.2, -0.15) is 0 Å². The van der Waals surface area contributed by atoms with Crippen molar-refractivity contribution in [2.45, 2.75) is 39.4 Å². The fourth-order valence-electron chi connectivity index (χ4n) is 1.72. The maximum Gasteiger partial charge on any atom is 0.169 e. The number of rotatable bonds is 5. The Morgan fingerprint density at radius 1 is 1.29 bits per heavy atom. The molecule has 0 unspecified atom stereocenters. The van der Waals surface area contributed by atoms with E-state index < -0.39 is 0 Å². The number of aromatic nitrogens is 1. The molecule has 0 saturated carbocycles. The second kappa shape index (κ2) is 6.85. The van der Waals surface area contributed by atoms with Gasteiger partial charge in [0.1, 0.15) is 0 Å². The summed E-state index contributed by atoms with van der Waals surface area (Å²) in [7, 11) is 0. The smallest absolute Gasteiger partial charge is 0.169 e. The van der Waals surface area contributed by atoms with Crippen molar-refractivity contribution in [3.8, 4) is 0 Å². The molecule has 0 radical (unpaired) electrons. The first-order chi connectivity index (χ1) is 9.87. The highest BCUT2D eigenvalue weighted by atomic mass is 79.9. The lowest BCUT2D eigenvalue weighted by atomic mass is 10.1. The van der Waals surface area contributed by atoms with Gasteiger partial charge >= 0.3 is 0 Å². The van der Waals surface area contributed by atoms with Gasteiger partial charge in [-0.15, -0.1) is 11.3 Å². The summed E-state index contributed by atoms with van der Waals surface area (Å²) >= 11 is 5.09. The SMILES string of the molecule is CC(C)(C)NCc1ccnc(NCc2sccc2Br)c1F. The van der Waals surface area contributed by atoms with Crippen LogP contribution in [0.3, 0.4) is 0 Å². The molecule has 0 fully saturated rings. The van der Waals surface area contributed by atoms with Crippen molar-refractivity contribution in [2.75, 3.05) is 5.32 Å². The molecule has 0 aliphatic rings. The maximum atomic E-state index is 14.4. The second-order valence-corrected chi connectivity index (χ2v) is 7.64. The predicted molar refractivity (Wildman–Crippen MR) is 90.1 cm³/mol. The van der Waals surface area contributed by atoms with E-state index in [2.05, 4.69) is 52.3 Å². The molecule has 2 rings (SSSR count). The van der Waals surface area contributed by atoms with Crippen LogP contribution in [0.25, 0.3) is 0 Å². The summed E-state index contributed by atoms with van der Waals surface area (Å²) in [4.78, 5) is 5.21. The van der Waals surface area contributed by atoms with Crippen molar-refractivity contribution in [1.82, 2.24) is 10.3 Å². The molecule has 2 aromatic rings. The van der Waals surface area contributed by atoms with Crippen LogP contribution >= 0.6 is 27.3 Å². The number of hydrogen-bond acceptors (Lipinski definition) is 4. The van der Waals surface area contributed by atoms with Gasteiger partial charge < -0.3 is 10.6 Å². The summed E-state index contributed by atoms with van der Waals surface area (Å²) in [5.41, 5.74) is 0.568. The van der Waals surface area contributed by atoms with Gasteiger partial charge in [-0.3, -0.25) is 0 Å². The number of anilines is 1. The highest BCUT2D eigenvalue weighted by Crippen LogP contribution is 2.24. The second-order valence-electron chi connectivity index (χ2n) is 5.78. The maximum absolute atomic E-state index is 14.4. The highest BCUT2D eigenvalue weighted by molar-refractivity contribution is 9.10. The first kappa shape index (κ1) is 16.4. The van der Waals surface area contributed by atoms with Gasteiger partial charge in [0.2, 0.25) is 0 Å². The summed E-state index contributed by atoms with van der Waals surface area (Å²) in [6, 6.07) is 3.69. The molecule has 0 aliphatic carbocycles. The third-order valence-corrected chi connectivity index (χ3v) is 4.81. The Balaban J connectivity index is 2.05. The molecule has 114 valence electrons. The van der Waals surface area contributed by atoms with Crippen LogP contribution in [0, 0.1) is 5.82 Å². The number of halogens is 2. The number of nitrogens with one attached hydrogen (secondary N) is 2. The van der Waals surface area contributed by atoms with Gasteiger partial charge in [0.15, 0.2) is 11.6 Å². The fraction of sp³-hybridized carbons (Fsp3) is 0.400. The molecule has 2 aromatic heterocycles. The van der Waals surface area contributed by atoms with Crippen molar-refractivity contribution in [1.29, 1.82) is 0 Å². The van der Waals surface area contributed by atoms with Crippen LogP contribution in [0.15, 0.2) is 28.2 Å². The first-order valence-electron chi connectivity index (χ1n) is 6.71. The molecule has 0 aliphatic heterocycles. The van der Waals surface area contributed by atoms with Crippen molar-refractivity contribution < 1.29 is 4.39 Å². The lowest BCUT2D eigenvalue weighted by molar-refractivity contribution is 0.418. The molecule has 0 atom stereocenters. The fourth-order valence-corrected chi connectivity index (χ4v) is 3.15. The van der Waals surface area contributed by atoms with Gasteiger partial charge in [-0.1, -0.05) is 0 Å². The molecular weight excluding hydrogens is 353 g/mol. The zero-order valence-corrected chi connectivity index (χ0v) is 14.7. The van der Waals surface area contributed by atoms with Gasteiger partial charge in [0.05, 0.1) is 6.54 Å². The Morgan fingerprint density at radius 3 is 2.67 bits per heavy atom. The minimum absolute atomic E-state index is 0.0505. The largest absolute Gasteiger partial charge is 0.363 e. The molecule has 2 N–H and O–H groups in total. The average Bonchev–Trinajstić information content (AvgIpc) is 2.81. The van der Waals surface area contributed by atoms with Crippen LogP contribution in [0.5, 0.6) is 0 Å². The van der Waals surface area contributed by atoms with E-state index in [0.717, 1.165) is 9.35 Å². The Labute approximate surface area is 137 Å². The number of hydrogen-bond donors (Lipinski definition) is 2. The van der Waals surface area contributed by atoms with Crippen molar-refractivity contribution in [3.05, 3.63) is 44.4 Å². The number of thiophene rings is 1. The van der Waals surface area contributed by atoms with E-state index in [1.807, 2.05) is 11.4 Å². The molecule has 21 heavy (non-hydrogen) atoms. The molecular formula is C15H19BrFN3S. The molecule has 3 nitrogen and oxygen atoms in total. The zero-order chi connectivity index (χ0) is 15.5. The molecule has 0 saturated heterocycles. The Bertz CT molecular complexity index is 607. The van der Waals surface area contributed by atoms with Gasteiger partial charge in [-0.05, 0) is 54.2 Å². The third kappa shape index (κ3) is 4.76. The molecule has 0 amide bonds. The molecule has 0 spiro atoms. The minimum atomic E-state index is -0.290. The van der Waals surface area contributed by atoms with E-state index in [4.69, 9.17) is 0 Å². The Morgan fingerprint density at radius 2 is 2.05 bits per heavy atom. The third-order valence-electron chi connectivity index (χ3n) is 2.89. The molecule has 0 aromatic carbocycles. The Kier molecular flexibility index (Phi) is 5.35. The van der Waals surface area contributed by atoms with Crippen molar-refractivity contribution in [2.24, 2.45) is 0 Å². The monoisotopic (exact) mass is 371 g/mol. The molecule has 0 bridgehead atoms. The van der Waals surface area contributed by atoms with Crippen LogP contribution in [0.2, 0.25) is 0 Å². The van der Waals surface area contributed by atoms with Crippen LogP contribution in [-0.2, 0) is 13.1 Å². The van der Waals surface area contributed by atoms with E-state index in [-0.39, 0.29) is 11.4 Å². The lowest BCUT2D eigenvalue weighted by Crippen LogP contribution is -2.35. The lowest BCUT2D eigenvalue weighted by Gasteiger charge is -2.21. The Hall–Kier alpha value is -0.980. The topological polar surface area (TPSA) is 37.0 Å². The molecule has 6 heteroatoms. The first-order valence-corrected chi connectivity index (χ1v) is 8.38. The minimum Gasteiger partial charge on any atom is -0.363 e. The van der Waals surface area contributed by atoms with Gasteiger partial charge in [-0.25, -0.2) is 9.37 Å². The van der Waals surface area contributed by atoms with Gasteiger partial charge in [0, 0.05) is 33.2 Å². The van der Waals surface area contributed by atoms with E-state index in [9.17, 15) is 4.39 Å². The van der Waals surface area contributed by atoms with Gasteiger partial charge in [0.25, 0.3) is 0 Å². The van der Waals surface area contributed by atoms with Crippen molar-refractivity contribution >= 4 is 33.1 Å². The van der Waals surface area contributed by atoms with E-state index in [1.54, 1.807) is 23.6 Å². The molecule has 2 heterocycles. The van der Waals surface area contributed by atoms with Crippen LogP contribution in [-0.4, -0.2) is 10.5 Å². The summed E-state index contributed by atoms with van der Waals surface area (Å²) in [6.45, 7) is 7.20. The average molecular weight is 372 g/mol. The summed E-state index contributed by atoms with van der Waals surface area (Å²) in [5.74, 6) is 0.00503. The van der Waals surface area contributed by atoms with Crippen LogP contribution < -0.4 is 10.6 Å². The standard InChI is InChI=1S/C15H19BrFN3S/c1-15(2,3)20-8-10-4-6-18-14(13(10)17)19-9-12-11(16)5-7-21-12/h4-7,20H,8-9H2,1-3H3,(H,18,19). The zero-order valence-electron chi connectivity index (χ0n) is 12.3. The number of pyridine rings is 1. The summed E-state index contributed by atoms with van der Waals surface area (Å²) < 4.78 is 15.4. The van der Waals surface area contributed by atoms with Crippen molar-refractivity contribution in [3.63, 3.8) is 0 Å². The van der Waals surface area contributed by atoms with Crippen LogP contribution in [0.4, 0.5) is 10.2 Å². The normalized spacial score (nSPS) is 11.7. The predicted octanol–water partition coefficient (Wildman–Crippen LogP) is 4.54. The van der Waals surface area contributed by atoms with E-state index in [0.29, 0.717) is 24.5 Å². The summed E-state index contributed by atoms with van der Waals surface area (Å²) in [5, 5.41) is 8.34. The highest BCUT2D eigenvalue weighted by Gasteiger charge is 2.13.